The molecular weight excluding hydrogens is 489 g/mol. The molecule has 36 heavy (non-hydrogen) atoms. The first-order valence-electron chi connectivity index (χ1n) is 10.6. The van der Waals surface area contributed by atoms with Gasteiger partial charge in [0, 0.05) is 0 Å². The lowest BCUT2D eigenvalue weighted by Crippen LogP contribution is -2.49. The van der Waals surface area contributed by atoms with Crippen LogP contribution in [0.5, 0.6) is 5.75 Å². The predicted molar refractivity (Wildman–Crippen MR) is 115 cm³/mol. The molecule has 3 aromatic rings. The second-order valence-electron chi connectivity index (χ2n) is 8.04. The number of carbonyl (C=O) groups excluding carboxylic acids is 2. The highest BCUT2D eigenvalue weighted by atomic mass is 19.2. The lowest BCUT2D eigenvalue weighted by molar-refractivity contribution is -0.139. The Labute approximate surface area is 201 Å². The Hall–Kier alpha value is -3.99. The van der Waals surface area contributed by atoms with E-state index in [4.69, 9.17) is 4.74 Å². The molecule has 0 radical (unpaired) electrons. The van der Waals surface area contributed by atoms with Crippen molar-refractivity contribution in [3.05, 3.63) is 88.2 Å². The summed E-state index contributed by atoms with van der Waals surface area (Å²) in [5.41, 5.74) is 4.79. The smallest absolute Gasteiger partial charge is 0.408 e. The Balaban J connectivity index is 1.45. The summed E-state index contributed by atoms with van der Waals surface area (Å²) in [4.78, 5) is 24.7. The Morgan fingerprint density at radius 3 is 2.19 bits per heavy atom. The number of rotatable bonds is 6. The molecule has 0 aromatic heterocycles. The van der Waals surface area contributed by atoms with Crippen molar-refractivity contribution in [3.63, 3.8) is 0 Å². The molecule has 6 nitrogen and oxygen atoms in total. The molecule has 0 saturated heterocycles. The highest BCUT2D eigenvalue weighted by molar-refractivity contribution is 5.83. The number of esters is 1. The summed E-state index contributed by atoms with van der Waals surface area (Å²) in [5.74, 6) is -15.4. The maximum absolute atomic E-state index is 13.8. The Bertz CT molecular complexity index is 1330. The molecule has 3 aromatic carbocycles. The zero-order chi connectivity index (χ0) is 26.1. The van der Waals surface area contributed by atoms with Gasteiger partial charge in [-0.25, -0.2) is 22.8 Å². The number of nitrogens with one attached hydrogen (secondary N) is 1. The van der Waals surface area contributed by atoms with Gasteiger partial charge in [0.25, 0.3) is 0 Å². The quantitative estimate of drug-likeness (QED) is 0.132. The van der Waals surface area contributed by atoms with E-state index in [9.17, 15) is 36.6 Å². The van der Waals surface area contributed by atoms with Crippen LogP contribution in [0.15, 0.2) is 42.5 Å². The molecule has 188 valence electrons. The van der Waals surface area contributed by atoms with Gasteiger partial charge in [-0.2, -0.15) is 8.78 Å². The van der Waals surface area contributed by atoms with Crippen molar-refractivity contribution >= 4 is 12.1 Å². The molecule has 4 rings (SSSR count). The topological polar surface area (TPSA) is 84.9 Å². The normalized spacial score (nSPS) is 13.4. The van der Waals surface area contributed by atoms with Crippen LogP contribution in [0.2, 0.25) is 0 Å². The van der Waals surface area contributed by atoms with Crippen LogP contribution < -0.4 is 10.1 Å². The molecule has 2 N–H and O–H groups in total. The van der Waals surface area contributed by atoms with Crippen molar-refractivity contribution in [1.82, 2.24) is 5.32 Å². The van der Waals surface area contributed by atoms with Gasteiger partial charge in [0.2, 0.25) is 34.8 Å². The highest BCUT2D eigenvalue weighted by Gasteiger charge is 2.33. The van der Waals surface area contributed by atoms with E-state index in [0.717, 1.165) is 29.2 Å². The van der Waals surface area contributed by atoms with Gasteiger partial charge in [-0.15, -0.1) is 0 Å². The number of aliphatic hydroxyl groups excluding tert-OH is 1. The average molecular weight is 507 g/mol. The highest BCUT2D eigenvalue weighted by Crippen LogP contribution is 2.38. The summed E-state index contributed by atoms with van der Waals surface area (Å²) in [5, 5.41) is 11.8. The first kappa shape index (κ1) is 25.1. The Morgan fingerprint density at radius 1 is 0.917 bits per heavy atom. The van der Waals surface area contributed by atoms with Gasteiger partial charge in [-0.05, 0) is 41.2 Å². The molecule has 0 fully saturated rings. The maximum Gasteiger partial charge on any atom is 0.408 e. The van der Waals surface area contributed by atoms with Crippen LogP contribution in [-0.2, 0) is 22.6 Å². The largest absolute Gasteiger partial charge is 0.445 e. The van der Waals surface area contributed by atoms with Gasteiger partial charge in [0.15, 0.2) is 6.04 Å². The van der Waals surface area contributed by atoms with Crippen molar-refractivity contribution in [2.45, 2.75) is 32.1 Å². The van der Waals surface area contributed by atoms with Gasteiger partial charge >= 0.3 is 12.1 Å². The van der Waals surface area contributed by atoms with Crippen LogP contribution in [0.1, 0.15) is 23.6 Å². The van der Waals surface area contributed by atoms with Crippen molar-refractivity contribution in [1.29, 1.82) is 0 Å². The first-order valence-corrected chi connectivity index (χ1v) is 10.6. The van der Waals surface area contributed by atoms with E-state index in [1.54, 1.807) is 12.1 Å². The van der Waals surface area contributed by atoms with Gasteiger partial charge in [0.1, 0.15) is 6.61 Å². The molecule has 1 amide bonds. The lowest BCUT2D eigenvalue weighted by atomic mass is 10.0. The van der Waals surface area contributed by atoms with Crippen molar-refractivity contribution < 1.29 is 46.1 Å². The van der Waals surface area contributed by atoms with Gasteiger partial charge in [-0.3, -0.25) is 0 Å². The number of benzene rings is 3. The molecule has 0 bridgehead atoms. The number of carbonyl (C=O) groups is 2. The van der Waals surface area contributed by atoms with Crippen LogP contribution in [0, 0.1) is 29.1 Å². The molecule has 11 heteroatoms. The van der Waals surface area contributed by atoms with Crippen molar-refractivity contribution in [2.24, 2.45) is 0 Å². The molecule has 0 spiro atoms. The number of aliphatic hydroxyl groups is 1. The molecular formula is C25H18F5NO5. The first-order chi connectivity index (χ1) is 17.1. The molecule has 1 aliphatic carbocycles. The summed E-state index contributed by atoms with van der Waals surface area (Å²) >= 11 is 0. The van der Waals surface area contributed by atoms with E-state index in [-0.39, 0.29) is 6.61 Å². The summed E-state index contributed by atoms with van der Waals surface area (Å²) in [7, 11) is 0. The number of amides is 1. The molecule has 1 aliphatic rings. The number of hydrogen-bond donors (Lipinski definition) is 2. The summed E-state index contributed by atoms with van der Waals surface area (Å²) in [6, 6.07) is 11.3. The zero-order valence-electron chi connectivity index (χ0n) is 18.6. The van der Waals surface area contributed by atoms with E-state index in [2.05, 4.69) is 4.74 Å². The second kappa shape index (κ2) is 9.94. The van der Waals surface area contributed by atoms with E-state index in [1.807, 2.05) is 35.6 Å². The van der Waals surface area contributed by atoms with Gasteiger partial charge < -0.3 is 19.9 Å². The monoisotopic (exact) mass is 507 g/mol. The summed E-state index contributed by atoms with van der Waals surface area (Å²) < 4.78 is 77.1. The zero-order valence-corrected chi connectivity index (χ0v) is 18.6. The SMILES string of the molecule is C[C@@H](O)[C@H](NC(=O)OCc1cccc2c1Cc1ccccc1-2)C(=O)Oc1c(F)c(F)c(F)c(F)c1F. The van der Waals surface area contributed by atoms with E-state index in [1.165, 1.54) is 0 Å². The number of halogens is 5. The molecule has 2 atom stereocenters. The molecule has 0 saturated carbocycles. The van der Waals surface area contributed by atoms with Crippen molar-refractivity contribution in [3.8, 4) is 16.9 Å². The second-order valence-corrected chi connectivity index (χ2v) is 8.04. The predicted octanol–water partition coefficient (Wildman–Crippen LogP) is 4.53. The summed E-state index contributed by atoms with van der Waals surface area (Å²) in [6.07, 6.45) is -2.25. The van der Waals surface area contributed by atoms with Crippen LogP contribution in [-0.4, -0.2) is 29.3 Å². The van der Waals surface area contributed by atoms with Gasteiger partial charge in [-0.1, -0.05) is 42.5 Å². The molecule has 0 aliphatic heterocycles. The maximum atomic E-state index is 13.8. The minimum atomic E-state index is -2.44. The van der Waals surface area contributed by atoms with Gasteiger partial charge in [0.05, 0.1) is 6.10 Å². The minimum absolute atomic E-state index is 0.206. The Kier molecular flexibility index (Phi) is 6.93. The number of hydrogen-bond acceptors (Lipinski definition) is 5. The molecule has 0 unspecified atom stereocenters. The number of alkyl carbamates (subject to hydrolysis) is 1. The van der Waals surface area contributed by atoms with E-state index in [0.29, 0.717) is 12.0 Å². The van der Waals surface area contributed by atoms with E-state index >= 15 is 0 Å². The third-order valence-corrected chi connectivity index (χ3v) is 5.69. The summed E-state index contributed by atoms with van der Waals surface area (Å²) in [6.45, 7) is 0.828. The van der Waals surface area contributed by atoms with Crippen LogP contribution >= 0.6 is 0 Å². The van der Waals surface area contributed by atoms with Crippen LogP contribution in [0.4, 0.5) is 26.7 Å². The lowest BCUT2D eigenvalue weighted by Gasteiger charge is -2.20. The third-order valence-electron chi connectivity index (χ3n) is 5.69. The Morgan fingerprint density at radius 2 is 1.53 bits per heavy atom. The average Bonchev–Trinajstić information content (AvgIpc) is 3.25. The third kappa shape index (κ3) is 4.61. The van der Waals surface area contributed by atoms with E-state index < -0.39 is 59.0 Å². The van der Waals surface area contributed by atoms with Crippen LogP contribution in [0.3, 0.4) is 0 Å². The fourth-order valence-corrected chi connectivity index (χ4v) is 3.89. The van der Waals surface area contributed by atoms with Crippen molar-refractivity contribution in [2.75, 3.05) is 0 Å². The molecule has 0 heterocycles. The van der Waals surface area contributed by atoms with Crippen LogP contribution in [0.25, 0.3) is 11.1 Å². The fourth-order valence-electron chi connectivity index (χ4n) is 3.89. The number of fused-ring (bicyclic) bond motifs is 3. The standard InChI is InChI=1S/C25H18F5NO5/c1-11(32)22(24(33)36-23-20(29)18(27)17(26)19(28)21(23)30)31-25(34)35-10-13-6-4-8-15-14-7-3-2-5-12(14)9-16(13)15/h2-8,11,22,32H,9-10H2,1H3,(H,31,34)/t11-,22+/m1/s1. The number of ether oxygens (including phenoxy) is 2. The fraction of sp³-hybridized carbons (Fsp3) is 0.200. The minimum Gasteiger partial charge on any atom is -0.445 e.